The number of allylic oxidation sites excluding steroid dienone is 1. The van der Waals surface area contributed by atoms with Crippen LogP contribution < -0.4 is 0 Å². The van der Waals surface area contributed by atoms with E-state index in [9.17, 15) is 0 Å². The van der Waals surface area contributed by atoms with Crippen molar-refractivity contribution in [2.75, 3.05) is 0 Å². The minimum Gasteiger partial charge on any atom is -0.0596 e. The Morgan fingerprint density at radius 3 is 2.62 bits per heavy atom. The lowest BCUT2D eigenvalue weighted by atomic mass is 9.69. The molecule has 4 bridgehead atoms. The summed E-state index contributed by atoms with van der Waals surface area (Å²) >= 11 is 3.65. The van der Waals surface area contributed by atoms with Crippen LogP contribution in [0.4, 0.5) is 0 Å². The largest absolute Gasteiger partial charge is 0.0596 e. The summed E-state index contributed by atoms with van der Waals surface area (Å²) in [7, 11) is 0. The predicted octanol–water partition coefficient (Wildman–Crippen LogP) is 5.14. The van der Waals surface area contributed by atoms with Crippen molar-refractivity contribution in [2.24, 2.45) is 28.6 Å². The highest BCUT2D eigenvalue weighted by Crippen LogP contribution is 2.70. The lowest BCUT2D eigenvalue weighted by Gasteiger charge is -2.36. The fourth-order valence-corrected chi connectivity index (χ4v) is 6.26. The van der Waals surface area contributed by atoms with Gasteiger partial charge in [-0.05, 0) is 59.3 Å². The molecule has 0 aliphatic heterocycles. The van der Waals surface area contributed by atoms with Gasteiger partial charge in [-0.2, -0.15) is 0 Å². The van der Waals surface area contributed by atoms with Crippen LogP contribution in [0.25, 0.3) is 0 Å². The molecule has 0 nitrogen and oxygen atoms in total. The molecule has 3 aliphatic carbocycles. The first-order valence-corrected chi connectivity index (χ1v) is 7.73. The monoisotopic (exact) mass is 282 g/mol. The van der Waals surface area contributed by atoms with Gasteiger partial charge in [0, 0.05) is 0 Å². The van der Waals surface area contributed by atoms with E-state index in [1.807, 2.05) is 0 Å². The van der Waals surface area contributed by atoms with Crippen LogP contribution in [0.15, 0.2) is 10.6 Å². The molecule has 3 aliphatic rings. The van der Waals surface area contributed by atoms with E-state index in [2.05, 4.69) is 41.7 Å². The summed E-state index contributed by atoms with van der Waals surface area (Å²) in [5.74, 6) is 2.83. The fraction of sp³-hybridized carbons (Fsp3) is 0.867. The van der Waals surface area contributed by atoms with Crippen LogP contribution in [-0.4, -0.2) is 0 Å². The zero-order valence-electron chi connectivity index (χ0n) is 10.7. The van der Waals surface area contributed by atoms with Crippen molar-refractivity contribution in [3.8, 4) is 0 Å². The lowest BCUT2D eigenvalue weighted by molar-refractivity contribution is 0.141. The van der Waals surface area contributed by atoms with Crippen molar-refractivity contribution >= 4 is 15.9 Å². The van der Waals surface area contributed by atoms with Crippen LogP contribution in [0.1, 0.15) is 52.9 Å². The maximum atomic E-state index is 3.65. The van der Waals surface area contributed by atoms with Gasteiger partial charge in [0.1, 0.15) is 0 Å². The standard InChI is InChI=1S/C15H23Br/c1-14(2)7-4-8-15(3)11-6-5-10(13(11)14)12(15)9-16/h9-11,13H,4-8H2,1-3H3. The summed E-state index contributed by atoms with van der Waals surface area (Å²) in [5, 5.41) is 0. The molecule has 0 aromatic heterocycles. The molecule has 0 N–H and O–H groups in total. The van der Waals surface area contributed by atoms with Gasteiger partial charge in [0.2, 0.25) is 0 Å². The van der Waals surface area contributed by atoms with Gasteiger partial charge in [-0.15, -0.1) is 0 Å². The summed E-state index contributed by atoms with van der Waals surface area (Å²) in [5.41, 5.74) is 2.85. The summed E-state index contributed by atoms with van der Waals surface area (Å²) < 4.78 is 0. The molecule has 0 heterocycles. The Kier molecular flexibility index (Phi) is 2.38. The van der Waals surface area contributed by atoms with Crippen LogP contribution in [0.2, 0.25) is 0 Å². The summed E-state index contributed by atoms with van der Waals surface area (Å²) in [6.07, 6.45) is 7.22. The second-order valence-electron chi connectivity index (χ2n) is 7.14. The second kappa shape index (κ2) is 3.37. The SMILES string of the molecule is CC1(C)CCCC2(C)C(=CBr)C3CCC2C31. The zero-order chi connectivity index (χ0) is 11.6. The molecule has 3 rings (SSSR count). The minimum atomic E-state index is 0.533. The van der Waals surface area contributed by atoms with E-state index in [-0.39, 0.29) is 0 Å². The molecule has 0 spiro atoms. The molecular weight excluding hydrogens is 260 g/mol. The molecule has 16 heavy (non-hydrogen) atoms. The molecule has 4 unspecified atom stereocenters. The van der Waals surface area contributed by atoms with E-state index < -0.39 is 0 Å². The number of halogens is 1. The molecule has 0 aromatic carbocycles. The maximum absolute atomic E-state index is 3.65. The van der Waals surface area contributed by atoms with E-state index in [0.717, 1.165) is 17.8 Å². The highest BCUT2D eigenvalue weighted by molar-refractivity contribution is 9.11. The molecule has 1 heteroatoms. The van der Waals surface area contributed by atoms with E-state index in [4.69, 9.17) is 0 Å². The van der Waals surface area contributed by atoms with Crippen molar-refractivity contribution < 1.29 is 0 Å². The van der Waals surface area contributed by atoms with Crippen molar-refractivity contribution in [1.82, 2.24) is 0 Å². The Morgan fingerprint density at radius 1 is 1.19 bits per heavy atom. The third-order valence-electron chi connectivity index (χ3n) is 6.07. The van der Waals surface area contributed by atoms with Gasteiger partial charge >= 0.3 is 0 Å². The number of hydrogen-bond acceptors (Lipinski definition) is 0. The molecule has 0 aromatic rings. The quantitative estimate of drug-likeness (QED) is 0.577. The average Bonchev–Trinajstić information content (AvgIpc) is 2.68. The van der Waals surface area contributed by atoms with Crippen LogP contribution in [0.3, 0.4) is 0 Å². The molecule has 0 amide bonds. The van der Waals surface area contributed by atoms with Gasteiger partial charge in [0.15, 0.2) is 0 Å². The summed E-state index contributed by atoms with van der Waals surface area (Å²) in [6, 6.07) is 0. The van der Waals surface area contributed by atoms with Gasteiger partial charge in [-0.3, -0.25) is 0 Å². The van der Waals surface area contributed by atoms with Crippen molar-refractivity contribution in [1.29, 1.82) is 0 Å². The number of rotatable bonds is 0. The minimum absolute atomic E-state index is 0.533. The predicted molar refractivity (Wildman–Crippen MR) is 72.5 cm³/mol. The summed E-state index contributed by atoms with van der Waals surface area (Å²) in [4.78, 5) is 2.28. The van der Waals surface area contributed by atoms with Crippen LogP contribution in [0.5, 0.6) is 0 Å². The molecule has 0 radical (unpaired) electrons. The number of hydrogen-bond donors (Lipinski definition) is 0. The Morgan fingerprint density at radius 2 is 1.94 bits per heavy atom. The Bertz CT molecular complexity index is 341. The van der Waals surface area contributed by atoms with Crippen molar-refractivity contribution in [2.45, 2.75) is 52.9 Å². The second-order valence-corrected chi connectivity index (χ2v) is 7.60. The summed E-state index contributed by atoms with van der Waals surface area (Å²) in [6.45, 7) is 7.58. The first kappa shape index (κ1) is 11.3. The highest BCUT2D eigenvalue weighted by Gasteiger charge is 2.62. The molecule has 3 saturated carbocycles. The molecule has 3 fully saturated rings. The van der Waals surface area contributed by atoms with Crippen molar-refractivity contribution in [3.63, 3.8) is 0 Å². The average molecular weight is 283 g/mol. The van der Waals surface area contributed by atoms with Gasteiger partial charge in [-0.1, -0.05) is 48.7 Å². The Hall–Kier alpha value is 0.220. The van der Waals surface area contributed by atoms with Crippen LogP contribution >= 0.6 is 15.9 Å². The topological polar surface area (TPSA) is 0 Å². The van der Waals surface area contributed by atoms with E-state index >= 15 is 0 Å². The Labute approximate surface area is 108 Å². The van der Waals surface area contributed by atoms with E-state index in [1.54, 1.807) is 5.57 Å². The normalized spacial score (nSPS) is 52.0. The van der Waals surface area contributed by atoms with Crippen molar-refractivity contribution in [3.05, 3.63) is 10.6 Å². The fourth-order valence-electron chi connectivity index (χ4n) is 5.40. The van der Waals surface area contributed by atoms with Gasteiger partial charge in [0.25, 0.3) is 0 Å². The van der Waals surface area contributed by atoms with E-state index in [0.29, 0.717) is 10.8 Å². The molecule has 4 atom stereocenters. The first-order chi connectivity index (χ1) is 7.50. The van der Waals surface area contributed by atoms with Crippen LogP contribution in [0, 0.1) is 28.6 Å². The zero-order valence-corrected chi connectivity index (χ0v) is 12.3. The third-order valence-corrected chi connectivity index (χ3v) is 6.56. The van der Waals surface area contributed by atoms with Gasteiger partial charge < -0.3 is 0 Å². The lowest BCUT2D eigenvalue weighted by Crippen LogP contribution is -2.28. The Balaban J connectivity index is 2.11. The van der Waals surface area contributed by atoms with Gasteiger partial charge in [-0.25, -0.2) is 0 Å². The van der Waals surface area contributed by atoms with Gasteiger partial charge in [0.05, 0.1) is 0 Å². The first-order valence-electron chi connectivity index (χ1n) is 6.81. The molecule has 90 valence electrons. The smallest absolute Gasteiger partial charge is 0.00739 e. The maximum Gasteiger partial charge on any atom is -0.00739 e. The van der Waals surface area contributed by atoms with Crippen LogP contribution in [-0.2, 0) is 0 Å². The molecule has 0 saturated heterocycles. The molecular formula is C15H23Br. The third kappa shape index (κ3) is 1.22. The van der Waals surface area contributed by atoms with E-state index in [1.165, 1.54) is 32.1 Å². The highest BCUT2D eigenvalue weighted by atomic mass is 79.9.